The zero-order valence-electron chi connectivity index (χ0n) is 17.3. The minimum Gasteiger partial charge on any atom is -0.497 e. The third-order valence-corrected chi connectivity index (χ3v) is 3.71. The summed E-state index contributed by atoms with van der Waals surface area (Å²) in [5.74, 6) is 0.668. The first kappa shape index (κ1) is 23.5. The third-order valence-electron chi connectivity index (χ3n) is 3.71. The van der Waals surface area contributed by atoms with Crippen molar-refractivity contribution in [2.45, 2.75) is 54.5 Å². The number of aromatic nitrogens is 1. The van der Waals surface area contributed by atoms with Crippen LogP contribution in [0.3, 0.4) is 0 Å². The Morgan fingerprint density at radius 2 is 1.92 bits per heavy atom. The summed E-state index contributed by atoms with van der Waals surface area (Å²) < 4.78 is 5.19. The normalized spacial score (nSPS) is 10.2. The third kappa shape index (κ3) is 6.10. The highest BCUT2D eigenvalue weighted by Crippen LogP contribution is 2.12. The molecule has 0 bridgehead atoms. The van der Waals surface area contributed by atoms with Gasteiger partial charge in [-0.3, -0.25) is 4.79 Å². The van der Waals surface area contributed by atoms with Crippen LogP contribution in [0.4, 0.5) is 0 Å². The number of nitrogens with one attached hydrogen (secondary N) is 2. The molecule has 4 heteroatoms. The Hall–Kier alpha value is -2.49. The highest BCUT2D eigenvalue weighted by molar-refractivity contribution is 5.94. The van der Waals surface area contributed by atoms with Gasteiger partial charge < -0.3 is 15.0 Å². The fourth-order valence-corrected chi connectivity index (χ4v) is 2.48. The molecule has 26 heavy (non-hydrogen) atoms. The molecule has 1 amide bonds. The average Bonchev–Trinajstić information content (AvgIpc) is 3.04. The predicted octanol–water partition coefficient (Wildman–Crippen LogP) is 3.78. The maximum absolute atomic E-state index is 12.4. The average molecular weight is 359 g/mol. The van der Waals surface area contributed by atoms with E-state index in [1.54, 1.807) is 7.11 Å². The summed E-state index contributed by atoms with van der Waals surface area (Å²) in [7, 11) is 1.63. The number of methoxy groups -OCH3 is 1. The monoisotopic (exact) mass is 358 g/mol. The van der Waals surface area contributed by atoms with Crippen molar-refractivity contribution in [2.24, 2.45) is 0 Å². The quantitative estimate of drug-likeness (QED) is 0.855. The Morgan fingerprint density at radius 3 is 2.46 bits per heavy atom. The minimum atomic E-state index is -0.113. The number of hydrogen-bond acceptors (Lipinski definition) is 2. The first-order chi connectivity index (χ1) is 12.6. The standard InChI is InChI=1S/C18H22N2O2.2C2H6/c1-5-15-12(3)16(6-2)20-17(15)18(21)19-11-13-8-7-9-14(10-13)22-4;2*1-2/h6-10,20H,3,5,11H2,1-2,4H3,(H,19,21);2*1-2H3/b16-6+;;. The fraction of sp³-hybridized carbons (Fsp3) is 0.409. The molecule has 0 saturated carbocycles. The number of aromatic amines is 1. The molecule has 0 atom stereocenters. The summed E-state index contributed by atoms with van der Waals surface area (Å²) in [6.45, 7) is 16.5. The molecule has 0 aliphatic heterocycles. The number of carbonyl (C=O) groups is 1. The predicted molar refractivity (Wildman–Crippen MR) is 112 cm³/mol. The molecule has 0 spiro atoms. The second-order valence-corrected chi connectivity index (χ2v) is 5.05. The Labute approximate surface area is 158 Å². The van der Waals surface area contributed by atoms with Crippen LogP contribution < -0.4 is 20.6 Å². The molecule has 0 aliphatic rings. The maximum atomic E-state index is 12.4. The van der Waals surface area contributed by atoms with Crippen LogP contribution in [-0.4, -0.2) is 18.0 Å². The molecular weight excluding hydrogens is 324 g/mol. The maximum Gasteiger partial charge on any atom is 0.268 e. The van der Waals surface area contributed by atoms with E-state index in [0.717, 1.165) is 33.9 Å². The topological polar surface area (TPSA) is 54.1 Å². The number of amides is 1. The lowest BCUT2D eigenvalue weighted by molar-refractivity contribution is 0.0945. The van der Waals surface area contributed by atoms with Crippen molar-refractivity contribution in [1.82, 2.24) is 10.3 Å². The lowest BCUT2D eigenvalue weighted by atomic mass is 10.1. The molecule has 2 rings (SSSR count). The zero-order valence-corrected chi connectivity index (χ0v) is 17.3. The first-order valence-corrected chi connectivity index (χ1v) is 9.38. The van der Waals surface area contributed by atoms with Gasteiger partial charge in [0.2, 0.25) is 0 Å². The lowest BCUT2D eigenvalue weighted by Crippen LogP contribution is -2.24. The van der Waals surface area contributed by atoms with Gasteiger partial charge in [-0.05, 0) is 41.8 Å². The highest BCUT2D eigenvalue weighted by atomic mass is 16.5. The van der Waals surface area contributed by atoms with Crippen molar-refractivity contribution >= 4 is 18.6 Å². The van der Waals surface area contributed by atoms with Gasteiger partial charge >= 0.3 is 0 Å². The van der Waals surface area contributed by atoms with Gasteiger partial charge in [0, 0.05) is 11.9 Å². The molecule has 1 aromatic carbocycles. The van der Waals surface area contributed by atoms with Crippen LogP contribution in [0.2, 0.25) is 0 Å². The smallest absolute Gasteiger partial charge is 0.268 e. The van der Waals surface area contributed by atoms with Crippen molar-refractivity contribution < 1.29 is 9.53 Å². The van der Waals surface area contributed by atoms with Crippen LogP contribution in [-0.2, 0) is 13.0 Å². The number of ether oxygens (including phenoxy) is 1. The number of carbonyl (C=O) groups excluding carboxylic acids is 1. The number of hydrogen-bond donors (Lipinski definition) is 2. The number of benzene rings is 1. The summed E-state index contributed by atoms with van der Waals surface area (Å²) in [4.78, 5) is 15.6. The van der Waals surface area contributed by atoms with Crippen molar-refractivity contribution in [3.05, 3.63) is 51.7 Å². The van der Waals surface area contributed by atoms with Crippen molar-refractivity contribution in [2.75, 3.05) is 7.11 Å². The zero-order chi connectivity index (χ0) is 20.1. The molecule has 4 nitrogen and oxygen atoms in total. The Kier molecular flexibility index (Phi) is 11.6. The van der Waals surface area contributed by atoms with Crippen molar-refractivity contribution in [3.8, 4) is 5.75 Å². The van der Waals surface area contributed by atoms with Crippen LogP contribution >= 0.6 is 0 Å². The molecule has 144 valence electrons. The summed E-state index contributed by atoms with van der Waals surface area (Å²) in [5.41, 5.74) is 2.56. The SMILES string of the molecule is C=c1c(CC)c(C(=O)NCc2cccc(OC)c2)[nH]/c1=C/C.CC.CC. The molecule has 0 saturated heterocycles. The van der Waals surface area contributed by atoms with Gasteiger partial charge in [-0.2, -0.15) is 0 Å². The van der Waals surface area contributed by atoms with E-state index in [9.17, 15) is 4.79 Å². The van der Waals surface area contributed by atoms with E-state index >= 15 is 0 Å². The second kappa shape index (κ2) is 12.8. The summed E-state index contributed by atoms with van der Waals surface area (Å²) in [6.07, 6.45) is 2.70. The van der Waals surface area contributed by atoms with Crippen LogP contribution in [0, 0.1) is 0 Å². The van der Waals surface area contributed by atoms with Crippen molar-refractivity contribution in [1.29, 1.82) is 0 Å². The van der Waals surface area contributed by atoms with Gasteiger partial charge in [0.15, 0.2) is 0 Å². The minimum absolute atomic E-state index is 0.113. The van der Waals surface area contributed by atoms with Crippen LogP contribution in [0.15, 0.2) is 24.3 Å². The first-order valence-electron chi connectivity index (χ1n) is 9.38. The molecule has 0 aliphatic carbocycles. The molecule has 1 heterocycles. The van der Waals surface area contributed by atoms with E-state index in [1.165, 1.54) is 0 Å². The van der Waals surface area contributed by atoms with Gasteiger partial charge in [0.25, 0.3) is 5.91 Å². The van der Waals surface area contributed by atoms with E-state index in [4.69, 9.17) is 4.74 Å². The van der Waals surface area contributed by atoms with E-state index in [1.807, 2.05) is 71.9 Å². The summed E-state index contributed by atoms with van der Waals surface area (Å²) in [5, 5.41) is 4.74. The number of H-pyrrole nitrogens is 1. The van der Waals surface area contributed by atoms with E-state index in [0.29, 0.717) is 12.2 Å². The van der Waals surface area contributed by atoms with Gasteiger partial charge in [0.05, 0.1) is 7.11 Å². The largest absolute Gasteiger partial charge is 0.497 e. The number of rotatable bonds is 5. The van der Waals surface area contributed by atoms with Crippen LogP contribution in [0.5, 0.6) is 5.75 Å². The Balaban J connectivity index is 0.00000146. The van der Waals surface area contributed by atoms with Gasteiger partial charge in [0.1, 0.15) is 11.4 Å². The summed E-state index contributed by atoms with van der Waals surface area (Å²) in [6, 6.07) is 7.65. The summed E-state index contributed by atoms with van der Waals surface area (Å²) >= 11 is 0. The molecule has 0 unspecified atom stereocenters. The molecule has 1 aromatic heterocycles. The van der Waals surface area contributed by atoms with Gasteiger partial charge in [-0.1, -0.05) is 59.4 Å². The fourth-order valence-electron chi connectivity index (χ4n) is 2.48. The molecule has 2 aromatic rings. The Bertz CT molecular complexity index is 776. The van der Waals surface area contributed by atoms with Crippen LogP contribution in [0.1, 0.15) is 63.2 Å². The molecule has 0 fully saturated rings. The van der Waals surface area contributed by atoms with E-state index in [2.05, 4.69) is 16.9 Å². The molecule has 0 radical (unpaired) electrons. The van der Waals surface area contributed by atoms with Crippen LogP contribution in [0.25, 0.3) is 12.7 Å². The molecular formula is C22H34N2O2. The molecule has 2 N–H and O–H groups in total. The van der Waals surface area contributed by atoms with E-state index in [-0.39, 0.29) is 5.91 Å². The highest BCUT2D eigenvalue weighted by Gasteiger charge is 2.13. The van der Waals surface area contributed by atoms with E-state index < -0.39 is 0 Å². The lowest BCUT2D eigenvalue weighted by Gasteiger charge is -2.07. The second-order valence-electron chi connectivity index (χ2n) is 5.05. The van der Waals surface area contributed by atoms with Crippen molar-refractivity contribution in [3.63, 3.8) is 0 Å². The Morgan fingerprint density at radius 1 is 1.27 bits per heavy atom. The van der Waals surface area contributed by atoms with Gasteiger partial charge in [-0.25, -0.2) is 0 Å². The van der Waals surface area contributed by atoms with Gasteiger partial charge in [-0.15, -0.1) is 0 Å².